The number of carbonyl (C=O) groups is 2. The zero-order chi connectivity index (χ0) is 24.5. The first kappa shape index (κ1) is 25.0. The van der Waals surface area contributed by atoms with Crippen LogP contribution in [0, 0.1) is 6.92 Å². The second kappa shape index (κ2) is 12.0. The van der Waals surface area contributed by atoms with Crippen molar-refractivity contribution in [2.24, 2.45) is 0 Å². The number of thiazole rings is 1. The maximum atomic E-state index is 12.7. The first-order valence-corrected chi connectivity index (χ1v) is 12.0. The van der Waals surface area contributed by atoms with Gasteiger partial charge in [0.2, 0.25) is 11.7 Å². The van der Waals surface area contributed by atoms with Crippen molar-refractivity contribution in [3.05, 3.63) is 58.6 Å². The highest BCUT2D eigenvalue weighted by Gasteiger charge is 2.19. The quantitative estimate of drug-likeness (QED) is 0.417. The minimum absolute atomic E-state index is 0.0420. The van der Waals surface area contributed by atoms with Gasteiger partial charge in [0, 0.05) is 16.5 Å². The van der Waals surface area contributed by atoms with E-state index in [-0.39, 0.29) is 17.9 Å². The lowest BCUT2D eigenvalue weighted by molar-refractivity contribution is -0.121. The molecule has 0 spiro atoms. The molecule has 0 aliphatic carbocycles. The average molecular weight is 484 g/mol. The first-order valence-electron chi connectivity index (χ1n) is 11.1. The number of benzene rings is 2. The fourth-order valence-corrected chi connectivity index (χ4v) is 3.97. The van der Waals surface area contributed by atoms with Gasteiger partial charge >= 0.3 is 0 Å². The van der Waals surface area contributed by atoms with Gasteiger partial charge in [-0.2, -0.15) is 0 Å². The minimum Gasteiger partial charge on any atom is -0.490 e. The lowest BCUT2D eigenvalue weighted by atomic mass is 10.1. The molecule has 2 amide bonds. The van der Waals surface area contributed by atoms with Gasteiger partial charge in [0.1, 0.15) is 5.01 Å². The number of hydrazine groups is 1. The molecular formula is C25H29N3O5S. The predicted molar refractivity (Wildman–Crippen MR) is 132 cm³/mol. The number of hydrogen-bond donors (Lipinski definition) is 2. The Labute approximate surface area is 203 Å². The van der Waals surface area contributed by atoms with Gasteiger partial charge in [-0.05, 0) is 39.8 Å². The number of aryl methyl sites for hydroxylation is 1. The molecule has 0 saturated heterocycles. The minimum atomic E-state index is -0.503. The van der Waals surface area contributed by atoms with E-state index in [2.05, 4.69) is 15.8 Å². The Kier molecular flexibility index (Phi) is 8.86. The second-order valence-corrected chi connectivity index (χ2v) is 8.15. The summed E-state index contributed by atoms with van der Waals surface area (Å²) < 4.78 is 16.9. The van der Waals surface area contributed by atoms with Crippen LogP contribution in [0.5, 0.6) is 17.2 Å². The number of ether oxygens (including phenoxy) is 3. The molecule has 0 unspecified atom stereocenters. The van der Waals surface area contributed by atoms with E-state index in [9.17, 15) is 9.59 Å². The van der Waals surface area contributed by atoms with Crippen LogP contribution in [0.2, 0.25) is 0 Å². The molecule has 3 aromatic rings. The maximum Gasteiger partial charge on any atom is 0.269 e. The van der Waals surface area contributed by atoms with Crippen LogP contribution in [0.15, 0.2) is 41.8 Å². The maximum absolute atomic E-state index is 12.7. The number of amides is 2. The molecule has 0 aliphatic heterocycles. The molecule has 180 valence electrons. The molecule has 0 saturated carbocycles. The summed E-state index contributed by atoms with van der Waals surface area (Å²) >= 11 is 1.47. The number of nitrogens with zero attached hydrogens (tertiary/aromatic N) is 1. The second-order valence-electron chi connectivity index (χ2n) is 7.29. The van der Waals surface area contributed by atoms with Gasteiger partial charge in [0.25, 0.3) is 5.91 Å². The standard InChI is InChI=1S/C25H29N3O5S/c1-5-31-20-12-18(13-21(32-6-2)23(20)33-7-3)24(30)28-27-22(29)14-19-15-34-25(26-19)17-10-8-16(4)9-11-17/h8-13,15H,5-7,14H2,1-4H3,(H,27,29)(H,28,30). The number of carbonyl (C=O) groups excluding carboxylic acids is 2. The van der Waals surface area contributed by atoms with Crippen LogP contribution in [0.1, 0.15) is 42.4 Å². The Morgan fingerprint density at radius 3 is 2.12 bits per heavy atom. The number of aromatic nitrogens is 1. The number of nitrogens with one attached hydrogen (secondary N) is 2. The third-order valence-electron chi connectivity index (χ3n) is 4.68. The van der Waals surface area contributed by atoms with Gasteiger partial charge in [0.05, 0.1) is 31.9 Å². The van der Waals surface area contributed by atoms with Gasteiger partial charge < -0.3 is 14.2 Å². The zero-order valence-electron chi connectivity index (χ0n) is 19.8. The third kappa shape index (κ3) is 6.48. The van der Waals surface area contributed by atoms with E-state index < -0.39 is 5.91 Å². The lowest BCUT2D eigenvalue weighted by Gasteiger charge is -2.17. The molecular weight excluding hydrogens is 454 g/mol. The Morgan fingerprint density at radius 1 is 0.912 bits per heavy atom. The zero-order valence-corrected chi connectivity index (χ0v) is 20.6. The molecule has 0 fully saturated rings. The van der Waals surface area contributed by atoms with Crippen LogP contribution in [-0.4, -0.2) is 36.6 Å². The lowest BCUT2D eigenvalue weighted by Crippen LogP contribution is -2.42. The number of rotatable bonds is 10. The molecule has 34 heavy (non-hydrogen) atoms. The van der Waals surface area contributed by atoms with Crippen molar-refractivity contribution in [1.29, 1.82) is 0 Å². The van der Waals surface area contributed by atoms with Crippen molar-refractivity contribution < 1.29 is 23.8 Å². The van der Waals surface area contributed by atoms with Gasteiger partial charge in [-0.15, -0.1) is 11.3 Å². The number of hydrogen-bond acceptors (Lipinski definition) is 7. The topological polar surface area (TPSA) is 98.8 Å². The largest absolute Gasteiger partial charge is 0.490 e. The normalized spacial score (nSPS) is 10.5. The van der Waals surface area contributed by atoms with Crippen molar-refractivity contribution >= 4 is 23.2 Å². The highest BCUT2D eigenvalue weighted by atomic mass is 32.1. The third-order valence-corrected chi connectivity index (χ3v) is 5.62. The van der Waals surface area contributed by atoms with Crippen molar-refractivity contribution in [2.75, 3.05) is 19.8 Å². The molecule has 1 heterocycles. The molecule has 2 N–H and O–H groups in total. The SMILES string of the molecule is CCOc1cc(C(=O)NNC(=O)Cc2csc(-c3ccc(C)cc3)n2)cc(OCC)c1OCC. The van der Waals surface area contributed by atoms with E-state index in [1.165, 1.54) is 16.9 Å². The van der Waals surface area contributed by atoms with Crippen LogP contribution in [0.4, 0.5) is 0 Å². The Hall–Kier alpha value is -3.59. The first-order chi connectivity index (χ1) is 16.4. The summed E-state index contributed by atoms with van der Waals surface area (Å²) in [5.41, 5.74) is 7.95. The summed E-state index contributed by atoms with van der Waals surface area (Å²) in [6.45, 7) is 8.77. The van der Waals surface area contributed by atoms with Crippen molar-refractivity contribution in [3.8, 4) is 27.8 Å². The average Bonchev–Trinajstić information content (AvgIpc) is 3.28. The highest BCUT2D eigenvalue weighted by Crippen LogP contribution is 2.39. The summed E-state index contributed by atoms with van der Waals surface area (Å²) in [4.78, 5) is 29.6. The molecule has 1 aromatic heterocycles. The smallest absolute Gasteiger partial charge is 0.269 e. The van der Waals surface area contributed by atoms with Crippen molar-refractivity contribution in [3.63, 3.8) is 0 Å². The van der Waals surface area contributed by atoms with Crippen LogP contribution >= 0.6 is 11.3 Å². The molecule has 3 rings (SSSR count). The fourth-order valence-electron chi connectivity index (χ4n) is 3.14. The van der Waals surface area contributed by atoms with E-state index in [0.717, 1.165) is 10.6 Å². The Bertz CT molecular complexity index is 1100. The van der Waals surface area contributed by atoms with Gasteiger partial charge in [-0.3, -0.25) is 20.4 Å². The van der Waals surface area contributed by atoms with Gasteiger partial charge in [-0.25, -0.2) is 4.98 Å². The summed E-state index contributed by atoms with van der Waals surface area (Å²) in [5.74, 6) is 0.363. The van der Waals surface area contributed by atoms with Crippen LogP contribution in [0.3, 0.4) is 0 Å². The molecule has 9 heteroatoms. The molecule has 0 radical (unpaired) electrons. The molecule has 2 aromatic carbocycles. The summed E-state index contributed by atoms with van der Waals surface area (Å²) in [5, 5.41) is 2.68. The molecule has 0 atom stereocenters. The van der Waals surface area contributed by atoms with E-state index in [4.69, 9.17) is 14.2 Å². The molecule has 0 bridgehead atoms. The van der Waals surface area contributed by atoms with Crippen molar-refractivity contribution in [1.82, 2.24) is 15.8 Å². The highest BCUT2D eigenvalue weighted by molar-refractivity contribution is 7.13. The van der Waals surface area contributed by atoms with Crippen LogP contribution in [0.25, 0.3) is 10.6 Å². The Balaban J connectivity index is 1.64. The molecule has 8 nitrogen and oxygen atoms in total. The molecule has 0 aliphatic rings. The summed E-state index contributed by atoms with van der Waals surface area (Å²) in [6, 6.07) is 11.2. The van der Waals surface area contributed by atoms with Gasteiger partial charge in [-0.1, -0.05) is 29.8 Å². The Morgan fingerprint density at radius 2 is 1.53 bits per heavy atom. The van der Waals surface area contributed by atoms with Crippen LogP contribution < -0.4 is 25.1 Å². The van der Waals surface area contributed by atoms with E-state index in [1.807, 2.05) is 57.3 Å². The summed E-state index contributed by atoms with van der Waals surface area (Å²) in [6.07, 6.45) is 0.0420. The van der Waals surface area contributed by atoms with Crippen LogP contribution in [-0.2, 0) is 11.2 Å². The van der Waals surface area contributed by atoms with E-state index >= 15 is 0 Å². The van der Waals surface area contributed by atoms with E-state index in [1.54, 1.807) is 12.1 Å². The summed E-state index contributed by atoms with van der Waals surface area (Å²) in [7, 11) is 0. The van der Waals surface area contributed by atoms with Gasteiger partial charge in [0.15, 0.2) is 11.5 Å². The predicted octanol–water partition coefficient (Wildman–Crippen LogP) is 4.32. The van der Waals surface area contributed by atoms with Crippen molar-refractivity contribution in [2.45, 2.75) is 34.1 Å². The fraction of sp³-hybridized carbons (Fsp3) is 0.320. The monoisotopic (exact) mass is 483 g/mol. The van der Waals surface area contributed by atoms with E-state index in [0.29, 0.717) is 42.8 Å².